The predicted octanol–water partition coefficient (Wildman–Crippen LogP) is 6.31. The van der Waals surface area contributed by atoms with Crippen LogP contribution in [-0.4, -0.2) is 32.8 Å². The summed E-state index contributed by atoms with van der Waals surface area (Å²) in [6.45, 7) is 13.6. The molecular formula is C27H44O4Si. The fraction of sp³-hybridized carbons (Fsp3) is 0.852. The van der Waals surface area contributed by atoms with Gasteiger partial charge in [0.15, 0.2) is 14.1 Å². The van der Waals surface area contributed by atoms with Gasteiger partial charge in [-0.15, -0.1) is 0 Å². The first-order valence-corrected chi connectivity index (χ1v) is 16.1. The molecule has 5 heteroatoms. The predicted molar refractivity (Wildman–Crippen MR) is 130 cm³/mol. The first-order chi connectivity index (χ1) is 15.0. The smallest absolute Gasteiger partial charge is 0.302 e. The van der Waals surface area contributed by atoms with E-state index in [4.69, 9.17) is 9.16 Å². The third-order valence-electron chi connectivity index (χ3n) is 9.65. The Bertz CT molecular complexity index is 789. The van der Waals surface area contributed by atoms with Gasteiger partial charge < -0.3 is 9.16 Å². The Hall–Kier alpha value is -0.943. The van der Waals surface area contributed by atoms with Crippen molar-refractivity contribution in [1.29, 1.82) is 0 Å². The second-order valence-electron chi connectivity index (χ2n) is 12.5. The molecule has 0 spiro atoms. The van der Waals surface area contributed by atoms with Crippen molar-refractivity contribution < 1.29 is 18.8 Å². The number of hydrogen-bond donors (Lipinski definition) is 0. The standard InChI is InChI=1S/C27H44O4Si/c1-18(16-30-19(2)28)17-32(5,6)31-24-11-10-21-25-22(12-14-27(21,24)4)26(3)13-8-7-9-20(26)15-23(25)29/h15,18,21-22,24-25H,7-14,16-17H2,1-6H3/t18?,21-,22+,24?,25-,26-,27-/m0/s1. The maximum Gasteiger partial charge on any atom is 0.302 e. The largest absolute Gasteiger partial charge is 0.466 e. The van der Waals surface area contributed by atoms with E-state index in [9.17, 15) is 9.59 Å². The van der Waals surface area contributed by atoms with Crippen molar-refractivity contribution >= 4 is 20.1 Å². The lowest BCUT2D eigenvalue weighted by Gasteiger charge is -2.57. The monoisotopic (exact) mass is 460 g/mol. The van der Waals surface area contributed by atoms with Gasteiger partial charge in [-0.05, 0) is 98.7 Å². The maximum absolute atomic E-state index is 13.4. The molecule has 4 nitrogen and oxygen atoms in total. The summed E-state index contributed by atoms with van der Waals surface area (Å²) < 4.78 is 12.2. The van der Waals surface area contributed by atoms with E-state index in [2.05, 4.69) is 39.9 Å². The molecule has 3 fully saturated rings. The topological polar surface area (TPSA) is 52.6 Å². The molecule has 3 saturated carbocycles. The molecule has 4 aliphatic carbocycles. The van der Waals surface area contributed by atoms with Gasteiger partial charge in [0, 0.05) is 12.8 Å². The van der Waals surface area contributed by atoms with E-state index >= 15 is 0 Å². The summed E-state index contributed by atoms with van der Waals surface area (Å²) in [5, 5.41) is 0. The molecule has 0 aromatic carbocycles. The van der Waals surface area contributed by atoms with Crippen molar-refractivity contribution in [3.05, 3.63) is 11.6 Å². The Balaban J connectivity index is 1.48. The number of carbonyl (C=O) groups excluding carboxylic acids is 2. The molecule has 4 aliphatic rings. The molecule has 0 amide bonds. The Morgan fingerprint density at radius 1 is 1.16 bits per heavy atom. The highest BCUT2D eigenvalue weighted by Crippen LogP contribution is 2.64. The highest BCUT2D eigenvalue weighted by atomic mass is 28.4. The first-order valence-electron chi connectivity index (χ1n) is 13.0. The van der Waals surface area contributed by atoms with Gasteiger partial charge >= 0.3 is 5.97 Å². The number of carbonyl (C=O) groups is 2. The summed E-state index contributed by atoms with van der Waals surface area (Å²) in [5.74, 6) is 1.71. The van der Waals surface area contributed by atoms with Crippen molar-refractivity contribution in [3.63, 3.8) is 0 Å². The second-order valence-corrected chi connectivity index (χ2v) is 16.7. The normalized spacial score (nSPS) is 40.1. The van der Waals surface area contributed by atoms with E-state index in [1.54, 1.807) is 0 Å². The van der Waals surface area contributed by atoms with Gasteiger partial charge in [-0.1, -0.05) is 32.8 Å². The SMILES string of the molecule is CC(=O)OCC(C)C[Si](C)(C)OC1CC[C@H]2[C@@H]3C(=O)C=C4CCCC[C@]4(C)[C@@H]3CC[C@]12C. The number of esters is 1. The molecule has 0 saturated heterocycles. The molecule has 180 valence electrons. The zero-order valence-corrected chi connectivity index (χ0v) is 22.2. The molecule has 0 aromatic heterocycles. The number of hydrogen-bond acceptors (Lipinski definition) is 4. The average Bonchev–Trinajstić information content (AvgIpc) is 3.02. The number of rotatable bonds is 6. The third kappa shape index (κ3) is 4.29. The molecule has 0 heterocycles. The fourth-order valence-electron chi connectivity index (χ4n) is 8.17. The van der Waals surface area contributed by atoms with Crippen LogP contribution in [0, 0.1) is 34.5 Å². The third-order valence-corrected chi connectivity index (χ3v) is 12.2. The lowest BCUT2D eigenvalue weighted by Crippen LogP contribution is -2.54. The second kappa shape index (κ2) is 8.68. The molecule has 4 rings (SSSR count). The van der Waals surface area contributed by atoms with E-state index in [1.807, 2.05) is 0 Å². The first kappa shape index (κ1) is 24.2. The van der Waals surface area contributed by atoms with Crippen LogP contribution >= 0.6 is 0 Å². The zero-order valence-electron chi connectivity index (χ0n) is 21.2. The Morgan fingerprint density at radius 3 is 2.62 bits per heavy atom. The van der Waals surface area contributed by atoms with Crippen LogP contribution in [0.25, 0.3) is 0 Å². The van der Waals surface area contributed by atoms with E-state index < -0.39 is 8.32 Å². The van der Waals surface area contributed by atoms with Crippen molar-refractivity contribution in [3.8, 4) is 0 Å². The molecule has 7 atom stereocenters. The summed E-state index contributed by atoms with van der Waals surface area (Å²) in [5.41, 5.74) is 1.81. The van der Waals surface area contributed by atoms with Gasteiger partial charge in [-0.3, -0.25) is 9.59 Å². The minimum absolute atomic E-state index is 0.108. The lowest BCUT2D eigenvalue weighted by atomic mass is 9.48. The number of fused-ring (bicyclic) bond motifs is 5. The molecule has 32 heavy (non-hydrogen) atoms. The summed E-state index contributed by atoms with van der Waals surface area (Å²) in [6.07, 6.45) is 11.9. The van der Waals surface area contributed by atoms with Crippen LogP contribution in [0.15, 0.2) is 11.6 Å². The zero-order chi connectivity index (χ0) is 23.3. The average molecular weight is 461 g/mol. The van der Waals surface area contributed by atoms with Crippen LogP contribution < -0.4 is 0 Å². The molecule has 0 aromatic rings. The maximum atomic E-state index is 13.4. The molecule has 0 radical (unpaired) electrons. The Kier molecular flexibility index (Phi) is 6.56. The van der Waals surface area contributed by atoms with E-state index in [0.717, 1.165) is 25.3 Å². The molecule has 0 aliphatic heterocycles. The highest BCUT2D eigenvalue weighted by molar-refractivity contribution is 6.71. The lowest BCUT2D eigenvalue weighted by molar-refractivity contribution is -0.142. The van der Waals surface area contributed by atoms with Gasteiger partial charge in [0.25, 0.3) is 0 Å². The highest BCUT2D eigenvalue weighted by Gasteiger charge is 2.61. The molecular weight excluding hydrogens is 416 g/mol. The van der Waals surface area contributed by atoms with Gasteiger partial charge in [0.05, 0.1) is 12.7 Å². The molecule has 0 bridgehead atoms. The molecule has 2 unspecified atom stereocenters. The summed E-state index contributed by atoms with van der Waals surface area (Å²) >= 11 is 0. The number of ether oxygens (including phenoxy) is 1. The van der Waals surface area contributed by atoms with E-state index in [0.29, 0.717) is 30.1 Å². The number of allylic oxidation sites excluding steroid dienone is 2. The van der Waals surface area contributed by atoms with Crippen LogP contribution in [0.4, 0.5) is 0 Å². The Morgan fingerprint density at radius 2 is 1.91 bits per heavy atom. The summed E-state index contributed by atoms with van der Waals surface area (Å²) in [4.78, 5) is 24.6. The van der Waals surface area contributed by atoms with Crippen LogP contribution in [0.1, 0.15) is 79.1 Å². The van der Waals surface area contributed by atoms with Crippen molar-refractivity contribution in [1.82, 2.24) is 0 Å². The minimum atomic E-state index is -1.92. The van der Waals surface area contributed by atoms with Crippen LogP contribution in [0.5, 0.6) is 0 Å². The van der Waals surface area contributed by atoms with Gasteiger partial charge in [0.2, 0.25) is 0 Å². The van der Waals surface area contributed by atoms with E-state index in [-0.39, 0.29) is 28.8 Å². The summed E-state index contributed by atoms with van der Waals surface area (Å²) in [7, 11) is -1.92. The van der Waals surface area contributed by atoms with Crippen LogP contribution in [0.3, 0.4) is 0 Å². The van der Waals surface area contributed by atoms with Crippen molar-refractivity contribution in [2.45, 2.75) is 104 Å². The quantitative estimate of drug-likeness (QED) is 0.344. The van der Waals surface area contributed by atoms with Crippen LogP contribution in [-0.2, 0) is 18.8 Å². The Labute approximate surface area is 196 Å². The van der Waals surface area contributed by atoms with Crippen LogP contribution in [0.2, 0.25) is 19.1 Å². The van der Waals surface area contributed by atoms with Crippen molar-refractivity contribution in [2.75, 3.05) is 6.61 Å². The van der Waals surface area contributed by atoms with Gasteiger partial charge in [-0.25, -0.2) is 0 Å². The minimum Gasteiger partial charge on any atom is -0.466 e. The van der Waals surface area contributed by atoms with Gasteiger partial charge in [0.1, 0.15) is 0 Å². The number of ketones is 1. The fourth-order valence-corrected chi connectivity index (χ4v) is 11.2. The van der Waals surface area contributed by atoms with Gasteiger partial charge in [-0.2, -0.15) is 0 Å². The van der Waals surface area contributed by atoms with Crippen molar-refractivity contribution in [2.24, 2.45) is 34.5 Å². The van der Waals surface area contributed by atoms with E-state index in [1.165, 1.54) is 44.6 Å². The molecule has 0 N–H and O–H groups in total. The summed E-state index contributed by atoms with van der Waals surface area (Å²) in [6, 6.07) is 0.993.